The summed E-state index contributed by atoms with van der Waals surface area (Å²) in [6.07, 6.45) is 10.7. The summed E-state index contributed by atoms with van der Waals surface area (Å²) in [5.74, 6) is 2.74. The zero-order valence-electron chi connectivity index (χ0n) is 15.3. The van der Waals surface area contributed by atoms with Crippen LogP contribution in [0.5, 0.6) is 5.75 Å². The van der Waals surface area contributed by atoms with E-state index < -0.39 is 0 Å². The van der Waals surface area contributed by atoms with Crippen molar-refractivity contribution in [3.05, 3.63) is 48.1 Å². The van der Waals surface area contributed by atoms with Crippen molar-refractivity contribution in [3.63, 3.8) is 0 Å². The predicted molar refractivity (Wildman–Crippen MR) is 101 cm³/mol. The minimum absolute atomic E-state index is 0.630. The SMILES string of the molecule is C=C(C=Cc1ccc(OC)cc1)CCCCCC1(C)C(C)C1C. The highest BCUT2D eigenvalue weighted by molar-refractivity contribution is 5.53. The number of benzene rings is 1. The molecule has 0 aromatic heterocycles. The lowest BCUT2D eigenvalue weighted by atomic mass is 9.96. The van der Waals surface area contributed by atoms with Gasteiger partial charge >= 0.3 is 0 Å². The average molecular weight is 312 g/mol. The first kappa shape index (κ1) is 17.8. The molecule has 1 aromatic rings. The molecule has 1 fully saturated rings. The molecule has 1 aromatic carbocycles. The number of rotatable bonds is 9. The van der Waals surface area contributed by atoms with Crippen LogP contribution in [0.1, 0.15) is 58.4 Å². The van der Waals surface area contributed by atoms with Crippen LogP contribution in [-0.4, -0.2) is 7.11 Å². The Morgan fingerprint density at radius 1 is 1.13 bits per heavy atom. The number of allylic oxidation sites excluding steroid dienone is 2. The predicted octanol–water partition coefficient (Wildman–Crippen LogP) is 6.51. The van der Waals surface area contributed by atoms with Crippen molar-refractivity contribution in [3.8, 4) is 5.75 Å². The summed E-state index contributed by atoms with van der Waals surface area (Å²) in [6.45, 7) is 11.4. The van der Waals surface area contributed by atoms with Crippen molar-refractivity contribution < 1.29 is 4.74 Å². The number of hydrogen-bond donors (Lipinski definition) is 0. The Kier molecular flexibility index (Phi) is 6.10. The molecule has 2 atom stereocenters. The van der Waals surface area contributed by atoms with E-state index in [0.717, 1.165) is 24.0 Å². The van der Waals surface area contributed by atoms with Gasteiger partial charge in [-0.25, -0.2) is 0 Å². The van der Waals surface area contributed by atoms with Crippen LogP contribution in [0.2, 0.25) is 0 Å². The number of unbranched alkanes of at least 4 members (excludes halogenated alkanes) is 2. The third-order valence-electron chi connectivity index (χ3n) is 6.06. The standard InChI is InChI=1S/C22H32O/c1-17(10-11-20-12-14-21(23-5)15-13-20)9-7-6-8-16-22(4)18(2)19(22)3/h10-15,18-19H,1,6-9,16H2,2-5H3. The van der Waals surface area contributed by atoms with E-state index in [-0.39, 0.29) is 0 Å². The number of ether oxygens (including phenoxy) is 1. The highest BCUT2D eigenvalue weighted by atomic mass is 16.5. The Morgan fingerprint density at radius 2 is 1.78 bits per heavy atom. The highest BCUT2D eigenvalue weighted by Crippen LogP contribution is 2.60. The molecule has 2 rings (SSSR count). The lowest BCUT2D eigenvalue weighted by Gasteiger charge is -2.10. The van der Waals surface area contributed by atoms with E-state index in [1.165, 1.54) is 36.8 Å². The Bertz CT molecular complexity index is 530. The van der Waals surface area contributed by atoms with Crippen molar-refractivity contribution in [1.82, 2.24) is 0 Å². The lowest BCUT2D eigenvalue weighted by Crippen LogP contribution is -1.98. The van der Waals surface area contributed by atoms with Crippen LogP contribution >= 0.6 is 0 Å². The summed E-state index contributed by atoms with van der Waals surface area (Å²) < 4.78 is 5.17. The maximum Gasteiger partial charge on any atom is 0.118 e. The fourth-order valence-electron chi connectivity index (χ4n) is 3.57. The third kappa shape index (κ3) is 4.73. The molecule has 23 heavy (non-hydrogen) atoms. The molecule has 0 spiro atoms. The molecular weight excluding hydrogens is 280 g/mol. The maximum atomic E-state index is 5.17. The molecule has 0 N–H and O–H groups in total. The summed E-state index contributed by atoms with van der Waals surface area (Å²) in [4.78, 5) is 0. The van der Waals surface area contributed by atoms with Gasteiger partial charge in [-0.2, -0.15) is 0 Å². The van der Waals surface area contributed by atoms with Gasteiger partial charge < -0.3 is 4.74 Å². The molecule has 1 heteroatoms. The molecular formula is C22H32O. The van der Waals surface area contributed by atoms with Crippen LogP contribution in [0, 0.1) is 17.3 Å². The summed E-state index contributed by atoms with van der Waals surface area (Å²) in [7, 11) is 1.69. The first-order valence-electron chi connectivity index (χ1n) is 8.97. The van der Waals surface area contributed by atoms with Crippen molar-refractivity contribution >= 4 is 6.08 Å². The van der Waals surface area contributed by atoms with Gasteiger partial charge in [0.15, 0.2) is 0 Å². The summed E-state index contributed by atoms with van der Waals surface area (Å²) in [5.41, 5.74) is 3.04. The van der Waals surface area contributed by atoms with Gasteiger partial charge in [0.25, 0.3) is 0 Å². The zero-order chi connectivity index (χ0) is 16.9. The molecule has 0 aliphatic heterocycles. The van der Waals surface area contributed by atoms with E-state index in [1.807, 2.05) is 12.1 Å². The molecule has 0 bridgehead atoms. The average Bonchev–Trinajstić information content (AvgIpc) is 3.04. The minimum atomic E-state index is 0.630. The fraction of sp³-hybridized carbons (Fsp3) is 0.545. The van der Waals surface area contributed by atoms with E-state index in [2.05, 4.69) is 51.6 Å². The Morgan fingerprint density at radius 3 is 2.35 bits per heavy atom. The highest BCUT2D eigenvalue weighted by Gasteiger charge is 2.53. The number of hydrogen-bond acceptors (Lipinski definition) is 1. The molecule has 126 valence electrons. The van der Waals surface area contributed by atoms with Crippen LogP contribution in [0.4, 0.5) is 0 Å². The monoisotopic (exact) mass is 312 g/mol. The van der Waals surface area contributed by atoms with Gasteiger partial charge in [-0.15, -0.1) is 0 Å². The minimum Gasteiger partial charge on any atom is -0.497 e. The van der Waals surface area contributed by atoms with Crippen molar-refractivity contribution in [2.24, 2.45) is 17.3 Å². The van der Waals surface area contributed by atoms with E-state index in [0.29, 0.717) is 5.41 Å². The largest absolute Gasteiger partial charge is 0.497 e. The summed E-state index contributed by atoms with van der Waals surface area (Å²) in [5, 5.41) is 0. The molecule has 2 unspecified atom stereocenters. The quantitative estimate of drug-likeness (QED) is 0.373. The van der Waals surface area contributed by atoms with Crippen LogP contribution < -0.4 is 4.74 Å². The van der Waals surface area contributed by atoms with Gasteiger partial charge in [-0.1, -0.05) is 70.0 Å². The van der Waals surface area contributed by atoms with Gasteiger partial charge in [0.2, 0.25) is 0 Å². The van der Waals surface area contributed by atoms with Gasteiger partial charge in [0.1, 0.15) is 5.75 Å². The Balaban J connectivity index is 1.62. The second kappa shape index (κ2) is 7.86. The normalized spacial score (nSPS) is 26.4. The molecule has 0 amide bonds. The van der Waals surface area contributed by atoms with Crippen LogP contribution in [0.25, 0.3) is 6.08 Å². The summed E-state index contributed by atoms with van der Waals surface area (Å²) >= 11 is 0. The smallest absolute Gasteiger partial charge is 0.118 e. The third-order valence-corrected chi connectivity index (χ3v) is 6.06. The van der Waals surface area contributed by atoms with E-state index in [4.69, 9.17) is 4.74 Å². The van der Waals surface area contributed by atoms with Crippen molar-refractivity contribution in [1.29, 1.82) is 0 Å². The molecule has 1 saturated carbocycles. The topological polar surface area (TPSA) is 9.23 Å². The molecule has 1 aliphatic rings. The second-order valence-electron chi connectivity index (χ2n) is 7.41. The van der Waals surface area contributed by atoms with E-state index >= 15 is 0 Å². The fourth-order valence-corrected chi connectivity index (χ4v) is 3.57. The van der Waals surface area contributed by atoms with Crippen LogP contribution in [0.15, 0.2) is 42.5 Å². The van der Waals surface area contributed by atoms with Gasteiger partial charge in [0, 0.05) is 0 Å². The Hall–Kier alpha value is -1.50. The first-order valence-corrected chi connectivity index (χ1v) is 8.97. The molecule has 0 radical (unpaired) electrons. The van der Waals surface area contributed by atoms with Gasteiger partial charge in [0.05, 0.1) is 7.11 Å². The van der Waals surface area contributed by atoms with E-state index in [9.17, 15) is 0 Å². The molecule has 1 nitrogen and oxygen atoms in total. The van der Waals surface area contributed by atoms with Gasteiger partial charge in [-0.3, -0.25) is 0 Å². The van der Waals surface area contributed by atoms with Crippen LogP contribution in [-0.2, 0) is 0 Å². The molecule has 1 aliphatic carbocycles. The van der Waals surface area contributed by atoms with Crippen molar-refractivity contribution in [2.45, 2.75) is 52.9 Å². The molecule has 0 heterocycles. The van der Waals surface area contributed by atoms with Crippen LogP contribution in [0.3, 0.4) is 0 Å². The zero-order valence-corrected chi connectivity index (χ0v) is 15.3. The maximum absolute atomic E-state index is 5.17. The summed E-state index contributed by atoms with van der Waals surface area (Å²) in [6, 6.07) is 8.12. The van der Waals surface area contributed by atoms with E-state index in [1.54, 1.807) is 7.11 Å². The number of methoxy groups -OCH3 is 1. The lowest BCUT2D eigenvalue weighted by molar-refractivity contribution is 0.415. The first-order chi connectivity index (χ1) is 11.0. The van der Waals surface area contributed by atoms with Crippen molar-refractivity contribution in [2.75, 3.05) is 7.11 Å². The molecule has 0 saturated heterocycles. The van der Waals surface area contributed by atoms with Gasteiger partial charge in [-0.05, 0) is 54.2 Å². The Labute approximate surface area is 142 Å². The second-order valence-corrected chi connectivity index (χ2v) is 7.41.